The fourth-order valence-electron chi connectivity index (χ4n) is 4.41. The highest BCUT2D eigenvalue weighted by Gasteiger charge is 2.29. The summed E-state index contributed by atoms with van der Waals surface area (Å²) in [5.41, 5.74) is 3.01. The summed E-state index contributed by atoms with van der Waals surface area (Å²) in [7, 11) is 5.08. The maximum absolute atomic E-state index is 13.0. The van der Waals surface area contributed by atoms with Crippen molar-refractivity contribution in [1.29, 1.82) is 0 Å². The Balaban J connectivity index is 1.42. The predicted molar refractivity (Wildman–Crippen MR) is 135 cm³/mol. The summed E-state index contributed by atoms with van der Waals surface area (Å²) in [5, 5.41) is 13.9. The van der Waals surface area contributed by atoms with Gasteiger partial charge in [0.25, 0.3) is 11.8 Å². The van der Waals surface area contributed by atoms with E-state index in [1.165, 1.54) is 12.2 Å². The summed E-state index contributed by atoms with van der Waals surface area (Å²) in [6.07, 6.45) is 1.61. The Morgan fingerprint density at radius 1 is 1.03 bits per heavy atom. The van der Waals surface area contributed by atoms with Crippen molar-refractivity contribution in [3.8, 4) is 5.75 Å². The molecule has 0 saturated carbocycles. The first-order valence-electron chi connectivity index (χ1n) is 11.5. The first-order valence-corrected chi connectivity index (χ1v) is 11.5. The van der Waals surface area contributed by atoms with Crippen molar-refractivity contribution in [2.24, 2.45) is 0 Å². The van der Waals surface area contributed by atoms with Gasteiger partial charge < -0.3 is 30.0 Å². The number of ether oxygens (including phenoxy) is 1. The summed E-state index contributed by atoms with van der Waals surface area (Å²) >= 11 is 0. The van der Waals surface area contributed by atoms with E-state index in [2.05, 4.69) is 10.3 Å². The van der Waals surface area contributed by atoms with Crippen LogP contribution in [0.1, 0.15) is 20.7 Å². The van der Waals surface area contributed by atoms with E-state index >= 15 is 0 Å². The number of nitrogens with one attached hydrogen (secondary N) is 1. The van der Waals surface area contributed by atoms with Gasteiger partial charge in [-0.2, -0.15) is 10.0 Å². The SMILES string of the molecule is COc1cc(Nc2ncc3c(n2)N(C)c2ccccc2C(=O)N3C)ccc1C(=O)N1CCN(O)CC1. The van der Waals surface area contributed by atoms with Gasteiger partial charge in [-0.1, -0.05) is 12.1 Å². The van der Waals surface area contributed by atoms with Gasteiger partial charge >= 0.3 is 0 Å². The molecule has 1 aromatic heterocycles. The average Bonchev–Trinajstić information content (AvgIpc) is 2.98. The van der Waals surface area contributed by atoms with E-state index < -0.39 is 0 Å². The molecule has 186 valence electrons. The van der Waals surface area contributed by atoms with E-state index in [0.29, 0.717) is 66.2 Å². The monoisotopic (exact) mass is 489 g/mol. The molecule has 2 aromatic carbocycles. The number of hydrogen-bond acceptors (Lipinski definition) is 9. The van der Waals surface area contributed by atoms with Crippen LogP contribution in [0.2, 0.25) is 0 Å². The maximum Gasteiger partial charge on any atom is 0.260 e. The quantitative estimate of drug-likeness (QED) is 0.571. The van der Waals surface area contributed by atoms with Crippen LogP contribution in [0, 0.1) is 0 Å². The van der Waals surface area contributed by atoms with Gasteiger partial charge in [0, 0.05) is 52.0 Å². The second-order valence-electron chi connectivity index (χ2n) is 8.63. The van der Waals surface area contributed by atoms with Gasteiger partial charge in [-0.05, 0) is 24.3 Å². The van der Waals surface area contributed by atoms with Crippen LogP contribution >= 0.6 is 0 Å². The number of aromatic nitrogens is 2. The lowest BCUT2D eigenvalue weighted by Crippen LogP contribution is -2.47. The maximum atomic E-state index is 13.0. The molecule has 2 amide bonds. The number of nitrogens with zero attached hydrogens (tertiary/aromatic N) is 6. The number of para-hydroxylation sites is 1. The number of fused-ring (bicyclic) bond motifs is 2. The predicted octanol–water partition coefficient (Wildman–Crippen LogP) is 2.73. The molecule has 36 heavy (non-hydrogen) atoms. The molecule has 2 aliphatic rings. The van der Waals surface area contributed by atoms with Crippen molar-refractivity contribution in [2.45, 2.75) is 0 Å². The minimum Gasteiger partial charge on any atom is -0.496 e. The number of benzene rings is 2. The van der Waals surface area contributed by atoms with E-state index in [1.807, 2.05) is 30.1 Å². The van der Waals surface area contributed by atoms with Crippen LogP contribution in [0.5, 0.6) is 5.75 Å². The Bertz CT molecular complexity index is 1320. The van der Waals surface area contributed by atoms with Crippen LogP contribution in [-0.4, -0.2) is 84.3 Å². The molecule has 2 aliphatic heterocycles. The lowest BCUT2D eigenvalue weighted by atomic mass is 10.1. The number of anilines is 5. The fourth-order valence-corrected chi connectivity index (χ4v) is 4.41. The van der Waals surface area contributed by atoms with Gasteiger partial charge in [0.05, 0.1) is 30.1 Å². The molecule has 3 heterocycles. The van der Waals surface area contributed by atoms with Crippen LogP contribution in [0.3, 0.4) is 0 Å². The normalized spacial score (nSPS) is 15.8. The largest absolute Gasteiger partial charge is 0.496 e. The Morgan fingerprint density at radius 3 is 2.53 bits per heavy atom. The standard InChI is InChI=1S/C25H27N7O4/c1-29-19-7-5-4-6-17(19)23(33)30(2)20-15-26-25(28-22(20)29)27-16-8-9-18(21(14-16)36-3)24(34)31-10-12-32(35)13-11-31/h4-9,14-15,35H,10-13H2,1-3H3,(H,26,27,28). The molecule has 0 bridgehead atoms. The Hall–Kier alpha value is -4.22. The molecule has 0 aliphatic carbocycles. The van der Waals surface area contributed by atoms with Crippen molar-refractivity contribution >= 4 is 40.6 Å². The molecular formula is C25H27N7O4. The molecule has 1 saturated heterocycles. The summed E-state index contributed by atoms with van der Waals surface area (Å²) in [4.78, 5) is 40.2. The Morgan fingerprint density at radius 2 is 1.78 bits per heavy atom. The zero-order valence-electron chi connectivity index (χ0n) is 20.3. The van der Waals surface area contributed by atoms with E-state index in [-0.39, 0.29) is 11.8 Å². The topological polar surface area (TPSA) is 114 Å². The molecule has 0 radical (unpaired) electrons. The van der Waals surface area contributed by atoms with Crippen LogP contribution in [0.4, 0.5) is 28.8 Å². The van der Waals surface area contributed by atoms with E-state index in [4.69, 9.17) is 9.72 Å². The second kappa shape index (κ2) is 9.44. The number of methoxy groups -OCH3 is 1. The number of hydrogen-bond donors (Lipinski definition) is 2. The molecule has 3 aromatic rings. The van der Waals surface area contributed by atoms with Crippen molar-refractivity contribution in [3.05, 3.63) is 59.8 Å². The molecule has 11 heteroatoms. The lowest BCUT2D eigenvalue weighted by molar-refractivity contribution is -0.112. The Kier molecular flexibility index (Phi) is 6.17. The van der Waals surface area contributed by atoms with Crippen LogP contribution in [0.25, 0.3) is 0 Å². The minimum atomic E-state index is -0.152. The fraction of sp³-hybridized carbons (Fsp3) is 0.280. The number of carbonyl (C=O) groups is 2. The third-order valence-corrected chi connectivity index (χ3v) is 6.46. The summed E-state index contributed by atoms with van der Waals surface area (Å²) in [5.74, 6) is 1.05. The van der Waals surface area contributed by atoms with Crippen LogP contribution < -0.4 is 19.9 Å². The molecular weight excluding hydrogens is 462 g/mol. The van der Waals surface area contributed by atoms with E-state index in [1.54, 1.807) is 47.3 Å². The Labute approximate surface area is 208 Å². The molecule has 1 fully saturated rings. The third kappa shape index (κ3) is 4.18. The minimum absolute atomic E-state index is 0.133. The van der Waals surface area contributed by atoms with Gasteiger partial charge in [0.2, 0.25) is 5.95 Å². The van der Waals surface area contributed by atoms with Gasteiger partial charge in [0.1, 0.15) is 11.4 Å². The number of carbonyl (C=O) groups excluding carboxylic acids is 2. The zero-order valence-corrected chi connectivity index (χ0v) is 20.3. The summed E-state index contributed by atoms with van der Waals surface area (Å²) in [6, 6.07) is 12.6. The van der Waals surface area contributed by atoms with Crippen molar-refractivity contribution < 1.29 is 19.5 Å². The van der Waals surface area contributed by atoms with Crippen molar-refractivity contribution in [3.63, 3.8) is 0 Å². The summed E-state index contributed by atoms with van der Waals surface area (Å²) in [6.45, 7) is 1.69. The molecule has 2 N–H and O–H groups in total. The molecule has 11 nitrogen and oxygen atoms in total. The average molecular weight is 490 g/mol. The number of hydroxylamine groups is 2. The van der Waals surface area contributed by atoms with Crippen molar-refractivity contribution in [1.82, 2.24) is 19.9 Å². The highest BCUT2D eigenvalue weighted by atomic mass is 16.5. The zero-order chi connectivity index (χ0) is 25.4. The molecule has 5 rings (SSSR count). The smallest absolute Gasteiger partial charge is 0.260 e. The van der Waals surface area contributed by atoms with Gasteiger partial charge in [-0.25, -0.2) is 4.98 Å². The van der Waals surface area contributed by atoms with Crippen molar-refractivity contribution in [2.75, 3.05) is 62.5 Å². The lowest BCUT2D eigenvalue weighted by Gasteiger charge is -2.31. The molecule has 0 atom stereocenters. The van der Waals surface area contributed by atoms with Gasteiger partial charge in [-0.15, -0.1) is 0 Å². The number of rotatable bonds is 4. The highest BCUT2D eigenvalue weighted by Crippen LogP contribution is 2.38. The van der Waals surface area contributed by atoms with Crippen LogP contribution in [-0.2, 0) is 0 Å². The number of amides is 2. The molecule has 0 unspecified atom stereocenters. The summed E-state index contributed by atoms with van der Waals surface area (Å²) < 4.78 is 5.51. The first-order chi connectivity index (χ1) is 17.4. The van der Waals surface area contributed by atoms with E-state index in [0.717, 1.165) is 5.69 Å². The van der Waals surface area contributed by atoms with E-state index in [9.17, 15) is 14.8 Å². The first kappa shape index (κ1) is 23.5. The highest BCUT2D eigenvalue weighted by molar-refractivity contribution is 6.13. The molecule has 0 spiro atoms. The van der Waals surface area contributed by atoms with Crippen LogP contribution in [0.15, 0.2) is 48.7 Å². The van der Waals surface area contributed by atoms with Gasteiger partial charge in [-0.3, -0.25) is 9.59 Å². The third-order valence-electron chi connectivity index (χ3n) is 6.46. The van der Waals surface area contributed by atoms with Gasteiger partial charge in [0.15, 0.2) is 5.82 Å². The second-order valence-corrected chi connectivity index (χ2v) is 8.63. The number of piperazine rings is 1.